The number of rotatable bonds is 6. The van der Waals surface area contributed by atoms with Gasteiger partial charge in [-0.25, -0.2) is 0 Å². The van der Waals surface area contributed by atoms with Gasteiger partial charge in [0.15, 0.2) is 0 Å². The molecule has 1 saturated heterocycles. The van der Waals surface area contributed by atoms with Crippen molar-refractivity contribution < 1.29 is 14.4 Å². The van der Waals surface area contributed by atoms with Crippen LogP contribution in [0.1, 0.15) is 36.0 Å². The number of carbonyl (C=O) groups is 3. The molecule has 1 heterocycles. The molecule has 1 aliphatic heterocycles. The highest BCUT2D eigenvalue weighted by atomic mass is 16.2. The summed E-state index contributed by atoms with van der Waals surface area (Å²) in [6.45, 7) is 1.86. The number of nitrogens with two attached hydrogens (primary N) is 1. The number of piperidine rings is 1. The normalized spacial score (nSPS) is 19.5. The number of carbonyl (C=O) groups excluding carboxylic acids is 3. The van der Waals surface area contributed by atoms with Crippen LogP contribution < -0.4 is 16.0 Å². The van der Waals surface area contributed by atoms with Crippen molar-refractivity contribution in [3.05, 3.63) is 29.8 Å². The molecule has 146 valence electrons. The molecule has 1 aromatic carbocycles. The van der Waals surface area contributed by atoms with Crippen molar-refractivity contribution in [2.24, 2.45) is 17.6 Å². The van der Waals surface area contributed by atoms with Gasteiger partial charge in [-0.3, -0.25) is 14.4 Å². The molecule has 2 aliphatic rings. The van der Waals surface area contributed by atoms with E-state index in [9.17, 15) is 14.4 Å². The van der Waals surface area contributed by atoms with Crippen molar-refractivity contribution >= 4 is 23.4 Å². The largest absolute Gasteiger partial charge is 0.355 e. The van der Waals surface area contributed by atoms with Gasteiger partial charge in [-0.1, -0.05) is 12.1 Å². The number of para-hydroxylation sites is 1. The molecule has 0 bridgehead atoms. The summed E-state index contributed by atoms with van der Waals surface area (Å²) >= 11 is 0. The van der Waals surface area contributed by atoms with Crippen molar-refractivity contribution in [1.82, 2.24) is 10.2 Å². The number of nitrogens with zero attached hydrogens (tertiary/aromatic N) is 2. The molecule has 7 nitrogen and oxygen atoms in total. The quantitative estimate of drug-likeness (QED) is 0.778. The molecule has 1 unspecified atom stereocenters. The lowest BCUT2D eigenvalue weighted by atomic mass is 9.96. The molecule has 1 aromatic rings. The van der Waals surface area contributed by atoms with Gasteiger partial charge in [-0.15, -0.1) is 0 Å². The number of amides is 3. The highest BCUT2D eigenvalue weighted by Gasteiger charge is 2.34. The molecule has 0 radical (unpaired) electrons. The summed E-state index contributed by atoms with van der Waals surface area (Å²) in [6, 6.07) is 7.21. The zero-order valence-corrected chi connectivity index (χ0v) is 15.8. The first-order chi connectivity index (χ1) is 13.0. The van der Waals surface area contributed by atoms with Crippen LogP contribution in [0.5, 0.6) is 0 Å². The van der Waals surface area contributed by atoms with Gasteiger partial charge in [0.05, 0.1) is 17.2 Å². The second-order valence-electron chi connectivity index (χ2n) is 7.36. The van der Waals surface area contributed by atoms with E-state index in [1.807, 2.05) is 18.2 Å². The van der Waals surface area contributed by atoms with Gasteiger partial charge < -0.3 is 20.9 Å². The molecule has 7 heteroatoms. The summed E-state index contributed by atoms with van der Waals surface area (Å²) in [6.07, 6.45) is 3.39. The molecule has 2 fully saturated rings. The molecular formula is C20H28N4O3. The van der Waals surface area contributed by atoms with Gasteiger partial charge in [0.2, 0.25) is 11.8 Å². The van der Waals surface area contributed by atoms with Gasteiger partial charge in [-0.2, -0.15) is 0 Å². The lowest BCUT2D eigenvalue weighted by Gasteiger charge is -2.33. The number of likely N-dealkylation sites (tertiary alicyclic amines) is 1. The lowest BCUT2D eigenvalue weighted by Crippen LogP contribution is -2.46. The molecular weight excluding hydrogens is 344 g/mol. The van der Waals surface area contributed by atoms with Crippen LogP contribution in [0.2, 0.25) is 0 Å². The Bertz CT molecular complexity index is 717. The van der Waals surface area contributed by atoms with E-state index in [1.54, 1.807) is 22.9 Å². The van der Waals surface area contributed by atoms with Gasteiger partial charge in [0.1, 0.15) is 0 Å². The smallest absolute Gasteiger partial charge is 0.255 e. The van der Waals surface area contributed by atoms with Crippen LogP contribution in [-0.2, 0) is 9.59 Å². The van der Waals surface area contributed by atoms with Crippen molar-refractivity contribution in [2.75, 3.05) is 38.1 Å². The number of benzene rings is 1. The van der Waals surface area contributed by atoms with Crippen molar-refractivity contribution in [3.8, 4) is 0 Å². The average Bonchev–Trinajstić information content (AvgIpc) is 3.55. The third kappa shape index (κ3) is 4.47. The molecule has 3 amide bonds. The van der Waals surface area contributed by atoms with Crippen molar-refractivity contribution in [1.29, 1.82) is 0 Å². The van der Waals surface area contributed by atoms with Crippen LogP contribution in [0.15, 0.2) is 24.3 Å². The average molecular weight is 372 g/mol. The Morgan fingerprint density at radius 2 is 1.93 bits per heavy atom. The van der Waals surface area contributed by atoms with E-state index < -0.39 is 0 Å². The van der Waals surface area contributed by atoms with E-state index in [0.29, 0.717) is 37.4 Å². The van der Waals surface area contributed by atoms with E-state index in [2.05, 4.69) is 5.32 Å². The second-order valence-corrected chi connectivity index (χ2v) is 7.36. The summed E-state index contributed by atoms with van der Waals surface area (Å²) in [5.41, 5.74) is 6.59. The molecule has 0 aromatic heterocycles. The molecule has 1 aliphatic carbocycles. The SMILES string of the molecule is CN(C(=O)C1CC1)c1ccccc1C(=O)N1CCCC(C(=O)NCCN)C1. The zero-order chi connectivity index (χ0) is 19.4. The predicted molar refractivity (Wildman–Crippen MR) is 103 cm³/mol. The third-order valence-electron chi connectivity index (χ3n) is 5.28. The first-order valence-corrected chi connectivity index (χ1v) is 9.66. The van der Waals surface area contributed by atoms with Gasteiger partial charge in [0, 0.05) is 39.1 Å². The third-order valence-corrected chi connectivity index (χ3v) is 5.28. The minimum Gasteiger partial charge on any atom is -0.355 e. The maximum atomic E-state index is 13.2. The molecule has 1 atom stereocenters. The molecule has 1 saturated carbocycles. The number of hydrogen-bond donors (Lipinski definition) is 2. The molecule has 3 N–H and O–H groups in total. The van der Waals surface area contributed by atoms with Crippen molar-refractivity contribution in [3.63, 3.8) is 0 Å². The highest BCUT2D eigenvalue weighted by Crippen LogP contribution is 2.33. The van der Waals surface area contributed by atoms with Crippen LogP contribution in [0.3, 0.4) is 0 Å². The Kier molecular flexibility index (Phi) is 6.11. The maximum absolute atomic E-state index is 13.2. The number of hydrogen-bond acceptors (Lipinski definition) is 4. The summed E-state index contributed by atoms with van der Waals surface area (Å²) in [4.78, 5) is 41.2. The second kappa shape index (κ2) is 8.52. The van der Waals surface area contributed by atoms with Crippen molar-refractivity contribution in [2.45, 2.75) is 25.7 Å². The standard InChI is InChI=1S/C20H28N4O3/c1-23(19(26)14-8-9-14)17-7-3-2-6-16(17)20(27)24-12-4-5-15(13-24)18(25)22-11-10-21/h2-3,6-7,14-15H,4-5,8-13,21H2,1H3,(H,22,25). The minimum absolute atomic E-state index is 0.0488. The molecule has 3 rings (SSSR count). The predicted octanol–water partition coefficient (Wildman–Crippen LogP) is 0.987. The van der Waals surface area contributed by atoms with Crippen LogP contribution >= 0.6 is 0 Å². The summed E-state index contributed by atoms with van der Waals surface area (Å²) < 4.78 is 0. The lowest BCUT2D eigenvalue weighted by molar-refractivity contribution is -0.126. The summed E-state index contributed by atoms with van der Waals surface area (Å²) in [7, 11) is 1.73. The monoisotopic (exact) mass is 372 g/mol. The Labute approximate surface area is 159 Å². The van der Waals surface area contributed by atoms with E-state index in [4.69, 9.17) is 5.73 Å². The van der Waals surface area contributed by atoms with Crippen LogP contribution in [-0.4, -0.2) is 55.8 Å². The highest BCUT2D eigenvalue weighted by molar-refractivity contribution is 6.05. The molecule has 27 heavy (non-hydrogen) atoms. The molecule has 0 spiro atoms. The van der Waals surface area contributed by atoms with Crippen LogP contribution in [0.4, 0.5) is 5.69 Å². The van der Waals surface area contributed by atoms with Crippen LogP contribution in [0, 0.1) is 11.8 Å². The fourth-order valence-corrected chi connectivity index (χ4v) is 3.56. The van der Waals surface area contributed by atoms with Crippen LogP contribution in [0.25, 0.3) is 0 Å². The summed E-state index contributed by atoms with van der Waals surface area (Å²) in [5.74, 6) is -0.242. The number of anilines is 1. The first-order valence-electron chi connectivity index (χ1n) is 9.66. The maximum Gasteiger partial charge on any atom is 0.255 e. The van der Waals surface area contributed by atoms with E-state index in [-0.39, 0.29) is 29.6 Å². The van der Waals surface area contributed by atoms with Gasteiger partial charge >= 0.3 is 0 Å². The minimum atomic E-state index is -0.216. The Morgan fingerprint density at radius 1 is 1.19 bits per heavy atom. The van der Waals surface area contributed by atoms with Gasteiger partial charge in [-0.05, 0) is 37.8 Å². The first kappa shape index (κ1) is 19.4. The topological polar surface area (TPSA) is 95.7 Å². The fraction of sp³-hybridized carbons (Fsp3) is 0.550. The van der Waals surface area contributed by atoms with E-state index >= 15 is 0 Å². The van der Waals surface area contributed by atoms with Gasteiger partial charge in [0.25, 0.3) is 5.91 Å². The fourth-order valence-electron chi connectivity index (χ4n) is 3.56. The summed E-state index contributed by atoms with van der Waals surface area (Å²) in [5, 5.41) is 2.81. The Morgan fingerprint density at radius 3 is 2.63 bits per heavy atom. The Balaban J connectivity index is 1.73. The van der Waals surface area contributed by atoms with E-state index in [1.165, 1.54) is 0 Å². The zero-order valence-electron chi connectivity index (χ0n) is 15.8. The number of nitrogens with one attached hydrogen (secondary N) is 1. The Hall–Kier alpha value is -2.41. The van der Waals surface area contributed by atoms with E-state index in [0.717, 1.165) is 25.7 Å².